The lowest BCUT2D eigenvalue weighted by atomic mass is 9.52. The summed E-state index contributed by atoms with van der Waals surface area (Å²) in [6.45, 7) is 0. The molecule has 2 aromatic heterocycles. The van der Waals surface area contributed by atoms with Crippen LogP contribution in [0, 0.1) is 0 Å². The summed E-state index contributed by atoms with van der Waals surface area (Å²) >= 11 is 0. The van der Waals surface area contributed by atoms with Crippen LogP contribution in [0.5, 0.6) is 0 Å². The third-order valence-electron chi connectivity index (χ3n) is 16.5. The summed E-state index contributed by atoms with van der Waals surface area (Å²) in [6.07, 6.45) is 0. The molecule has 4 heteroatoms. The van der Waals surface area contributed by atoms with Gasteiger partial charge in [0.1, 0.15) is 11.2 Å². The molecule has 11 aromatic carbocycles. The van der Waals surface area contributed by atoms with E-state index in [0.29, 0.717) is 17.5 Å². The molecule has 13 aromatic rings. The standard InChI is InChI=1S/C71H43N3O/c1-2-19-45(20-3-1)67-72-68(46-39-37-44(38-40-46)49-27-18-28-55-54-25-9-17-36-65(54)75-66(49)55)74-69(73-67)56-26-5-4-21-48(56)47-41-42-53-52-24-8-12-31-59(52)71(64(53)43-47)62-34-15-13-32-60(62)70(61-33-14-16-35-63(61)71)57-29-10-6-22-50(57)51-23-7-11-30-58(51)70/h1-43H. The van der Waals surface area contributed by atoms with Gasteiger partial charge in [-0.25, -0.2) is 15.0 Å². The van der Waals surface area contributed by atoms with Gasteiger partial charge in [0.15, 0.2) is 17.5 Å². The van der Waals surface area contributed by atoms with Gasteiger partial charge in [0.25, 0.3) is 0 Å². The number of fused-ring (bicyclic) bond motifs is 19. The molecular formula is C71H43N3O. The summed E-state index contributed by atoms with van der Waals surface area (Å²) in [6, 6.07) is 94.8. The van der Waals surface area contributed by atoms with Crippen LogP contribution in [0.1, 0.15) is 44.5 Å². The maximum atomic E-state index is 6.44. The van der Waals surface area contributed by atoms with Gasteiger partial charge in [-0.1, -0.05) is 249 Å². The third-order valence-corrected chi connectivity index (χ3v) is 16.5. The van der Waals surface area contributed by atoms with Crippen molar-refractivity contribution in [1.29, 1.82) is 0 Å². The molecule has 2 heterocycles. The third kappa shape index (κ3) is 5.74. The van der Waals surface area contributed by atoms with E-state index in [2.05, 4.69) is 231 Å². The molecule has 75 heavy (non-hydrogen) atoms. The number of furan rings is 1. The highest BCUT2D eigenvalue weighted by atomic mass is 16.3. The Kier molecular flexibility index (Phi) is 8.84. The summed E-state index contributed by atoms with van der Waals surface area (Å²) in [5, 5.41) is 2.22. The van der Waals surface area contributed by atoms with E-state index in [1.165, 1.54) is 66.8 Å². The Morgan fingerprint density at radius 1 is 0.240 bits per heavy atom. The molecule has 0 unspecified atom stereocenters. The number of para-hydroxylation sites is 2. The second kappa shape index (κ2) is 15.9. The summed E-state index contributed by atoms with van der Waals surface area (Å²) in [5.74, 6) is 1.83. The van der Waals surface area contributed by atoms with E-state index in [9.17, 15) is 0 Å². The topological polar surface area (TPSA) is 51.8 Å². The Morgan fingerprint density at radius 3 is 1.24 bits per heavy atom. The number of benzene rings is 11. The Labute approximate surface area is 434 Å². The van der Waals surface area contributed by atoms with Crippen LogP contribution in [-0.4, -0.2) is 15.0 Å². The molecule has 0 saturated carbocycles. The number of hydrogen-bond donors (Lipinski definition) is 0. The van der Waals surface area contributed by atoms with Gasteiger partial charge in [0.05, 0.1) is 10.8 Å². The summed E-state index contributed by atoms with van der Waals surface area (Å²) < 4.78 is 6.44. The van der Waals surface area contributed by atoms with Crippen molar-refractivity contribution in [2.45, 2.75) is 10.8 Å². The molecule has 0 bridgehead atoms. The van der Waals surface area contributed by atoms with E-state index in [1.54, 1.807) is 0 Å². The van der Waals surface area contributed by atoms with Gasteiger partial charge in [-0.05, 0) is 95.6 Å². The van der Waals surface area contributed by atoms with Gasteiger partial charge in [-0.15, -0.1) is 0 Å². The van der Waals surface area contributed by atoms with Gasteiger partial charge >= 0.3 is 0 Å². The van der Waals surface area contributed by atoms with E-state index >= 15 is 0 Å². The smallest absolute Gasteiger partial charge is 0.164 e. The van der Waals surface area contributed by atoms with Crippen molar-refractivity contribution in [2.24, 2.45) is 0 Å². The summed E-state index contributed by atoms with van der Waals surface area (Å²) in [4.78, 5) is 15.8. The lowest BCUT2D eigenvalue weighted by molar-refractivity contribution is 0.633. The van der Waals surface area contributed by atoms with Crippen LogP contribution in [0.25, 0.3) is 101 Å². The molecule has 16 rings (SSSR count). The first kappa shape index (κ1) is 41.8. The fraction of sp³-hybridized carbons (Fsp3) is 0.0282. The van der Waals surface area contributed by atoms with E-state index in [0.717, 1.165) is 60.9 Å². The zero-order valence-electron chi connectivity index (χ0n) is 40.6. The minimum Gasteiger partial charge on any atom is -0.455 e. The zero-order chi connectivity index (χ0) is 49.2. The molecule has 3 aliphatic rings. The van der Waals surface area contributed by atoms with Crippen molar-refractivity contribution in [2.75, 3.05) is 0 Å². The van der Waals surface area contributed by atoms with E-state index in [1.807, 2.05) is 30.3 Å². The van der Waals surface area contributed by atoms with Crippen molar-refractivity contribution >= 4 is 21.9 Å². The lowest BCUT2D eigenvalue weighted by Gasteiger charge is -2.48. The van der Waals surface area contributed by atoms with Crippen molar-refractivity contribution in [3.8, 4) is 78.7 Å². The average Bonchev–Trinajstić information content (AvgIpc) is 4.34. The van der Waals surface area contributed by atoms with Crippen molar-refractivity contribution in [1.82, 2.24) is 15.0 Å². The minimum absolute atomic E-state index is 0.511. The highest BCUT2D eigenvalue weighted by Gasteiger charge is 2.58. The monoisotopic (exact) mass is 953 g/mol. The van der Waals surface area contributed by atoms with Crippen molar-refractivity contribution < 1.29 is 4.42 Å². The van der Waals surface area contributed by atoms with Crippen LogP contribution in [0.2, 0.25) is 0 Å². The average molecular weight is 954 g/mol. The molecule has 3 aliphatic carbocycles. The van der Waals surface area contributed by atoms with Crippen LogP contribution < -0.4 is 0 Å². The molecule has 0 saturated heterocycles. The predicted molar refractivity (Wildman–Crippen MR) is 302 cm³/mol. The molecule has 0 aliphatic heterocycles. The van der Waals surface area contributed by atoms with Gasteiger partial charge in [-0.2, -0.15) is 0 Å². The van der Waals surface area contributed by atoms with Crippen molar-refractivity contribution in [3.63, 3.8) is 0 Å². The largest absolute Gasteiger partial charge is 0.455 e. The van der Waals surface area contributed by atoms with Crippen LogP contribution in [0.4, 0.5) is 0 Å². The molecule has 0 N–H and O–H groups in total. The van der Waals surface area contributed by atoms with Crippen LogP contribution in [0.15, 0.2) is 265 Å². The number of hydrogen-bond acceptors (Lipinski definition) is 4. The summed E-state index contributed by atoms with van der Waals surface area (Å²) in [7, 11) is 0. The Morgan fingerprint density at radius 2 is 0.640 bits per heavy atom. The Hall–Kier alpha value is -9.77. The SMILES string of the molecule is c1ccc(-c2nc(-c3ccc(-c4cccc5c4oc4ccccc45)cc3)nc(-c3ccccc3-c3ccc4c(c3)C3(c5ccccc5-4)c4ccccc4C4(c5ccccc5-c5ccccc54)c4ccccc43)n2)cc1. The molecular weight excluding hydrogens is 911 g/mol. The minimum atomic E-state index is -0.620. The maximum absolute atomic E-state index is 6.44. The normalized spacial score (nSPS) is 13.8. The molecule has 2 spiro atoms. The Bertz CT molecular complexity index is 4400. The molecule has 0 atom stereocenters. The van der Waals surface area contributed by atoms with Gasteiger partial charge in [0, 0.05) is 33.0 Å². The fourth-order valence-corrected chi connectivity index (χ4v) is 13.5. The van der Waals surface area contributed by atoms with E-state index in [-0.39, 0.29) is 0 Å². The molecule has 0 amide bonds. The van der Waals surface area contributed by atoms with Gasteiger partial charge in [-0.3, -0.25) is 0 Å². The fourth-order valence-electron chi connectivity index (χ4n) is 13.5. The molecule has 4 nitrogen and oxygen atoms in total. The van der Waals surface area contributed by atoms with Crippen molar-refractivity contribution in [3.05, 3.63) is 305 Å². The summed E-state index contributed by atoms with van der Waals surface area (Å²) in [5.41, 5.74) is 23.2. The molecule has 0 fully saturated rings. The quantitative estimate of drug-likeness (QED) is 0.172. The number of rotatable bonds is 5. The zero-order valence-corrected chi connectivity index (χ0v) is 40.6. The number of aromatic nitrogens is 3. The lowest BCUT2D eigenvalue weighted by Crippen LogP contribution is -2.43. The van der Waals surface area contributed by atoms with Gasteiger partial charge in [0.2, 0.25) is 0 Å². The maximum Gasteiger partial charge on any atom is 0.164 e. The van der Waals surface area contributed by atoms with E-state index < -0.39 is 10.8 Å². The second-order valence-electron chi connectivity index (χ2n) is 20.1. The first-order valence-electron chi connectivity index (χ1n) is 25.8. The predicted octanol–water partition coefficient (Wildman–Crippen LogP) is 17.1. The van der Waals surface area contributed by atoms with E-state index in [4.69, 9.17) is 19.4 Å². The highest BCUT2D eigenvalue weighted by Crippen LogP contribution is 2.67. The number of nitrogens with zero attached hydrogens (tertiary/aromatic N) is 3. The van der Waals surface area contributed by atoms with Crippen LogP contribution in [-0.2, 0) is 10.8 Å². The first-order valence-corrected chi connectivity index (χ1v) is 25.8. The first-order chi connectivity index (χ1) is 37.2. The molecule has 0 radical (unpaired) electrons. The van der Waals surface area contributed by atoms with Gasteiger partial charge < -0.3 is 4.42 Å². The Balaban J connectivity index is 0.878. The van der Waals surface area contributed by atoms with Crippen LogP contribution >= 0.6 is 0 Å². The van der Waals surface area contributed by atoms with Crippen LogP contribution in [0.3, 0.4) is 0 Å². The highest BCUT2D eigenvalue weighted by molar-refractivity contribution is 6.09. The second-order valence-corrected chi connectivity index (χ2v) is 20.1. The molecule has 348 valence electrons.